The lowest BCUT2D eigenvalue weighted by molar-refractivity contribution is 0.232. The smallest absolute Gasteiger partial charge is 0.146 e. The first kappa shape index (κ1) is 14.3. The van der Waals surface area contributed by atoms with Gasteiger partial charge in [0.15, 0.2) is 0 Å². The van der Waals surface area contributed by atoms with Gasteiger partial charge in [0.25, 0.3) is 0 Å². The molecule has 1 aromatic carbocycles. The maximum Gasteiger partial charge on any atom is 0.146 e. The third kappa shape index (κ3) is 3.93. The van der Waals surface area contributed by atoms with Crippen molar-refractivity contribution in [2.45, 2.75) is 27.2 Å². The molecule has 0 aromatic heterocycles. The van der Waals surface area contributed by atoms with Crippen LogP contribution in [-0.2, 0) is 0 Å². The number of likely N-dealkylation sites (tertiary alicyclic amines) is 1. The normalized spacial score (nSPS) is 20.7. The fourth-order valence-corrected chi connectivity index (χ4v) is 2.70. The molecule has 1 aliphatic rings. The Kier molecular flexibility index (Phi) is 4.46. The summed E-state index contributed by atoms with van der Waals surface area (Å²) in [6.45, 7) is 11.1. The summed E-state index contributed by atoms with van der Waals surface area (Å²) in [6, 6.07) is 6.86. The van der Waals surface area contributed by atoms with Crippen molar-refractivity contribution in [2.24, 2.45) is 11.3 Å². The summed E-state index contributed by atoms with van der Waals surface area (Å²) in [6.07, 6.45) is 1.28. The maximum absolute atomic E-state index is 13.4. The number of benzene rings is 1. The number of hydrogen-bond donors (Lipinski definition) is 1. The largest absolute Gasteiger partial charge is 0.381 e. The molecule has 2 nitrogen and oxygen atoms in total. The monoisotopic (exact) mass is 264 g/mol. The van der Waals surface area contributed by atoms with Crippen LogP contribution in [0.5, 0.6) is 0 Å². The molecule has 1 unspecified atom stereocenters. The first-order valence-corrected chi connectivity index (χ1v) is 7.17. The van der Waals surface area contributed by atoms with E-state index in [-0.39, 0.29) is 5.82 Å². The third-order valence-electron chi connectivity index (χ3n) is 4.11. The lowest BCUT2D eigenvalue weighted by Gasteiger charge is -2.27. The molecule has 1 saturated heterocycles. The molecule has 1 aromatic rings. The van der Waals surface area contributed by atoms with Crippen LogP contribution in [0.4, 0.5) is 10.1 Å². The molecule has 0 radical (unpaired) electrons. The Hall–Kier alpha value is -1.09. The maximum atomic E-state index is 13.4. The van der Waals surface area contributed by atoms with E-state index in [1.165, 1.54) is 25.6 Å². The van der Waals surface area contributed by atoms with E-state index in [1.54, 1.807) is 12.1 Å². The van der Waals surface area contributed by atoms with Crippen molar-refractivity contribution in [2.75, 3.05) is 31.5 Å². The predicted octanol–water partition coefficient (Wildman–Crippen LogP) is 3.61. The molecule has 0 saturated carbocycles. The molecular weight excluding hydrogens is 239 g/mol. The number of hydrogen-bond acceptors (Lipinski definition) is 2. The van der Waals surface area contributed by atoms with Gasteiger partial charge in [0.05, 0.1) is 5.69 Å². The SMILES string of the molecule is CC(C)(C)C1CCN(CCNc2ccccc2F)C1. The van der Waals surface area contributed by atoms with Gasteiger partial charge in [-0.2, -0.15) is 0 Å². The van der Waals surface area contributed by atoms with E-state index >= 15 is 0 Å². The average Bonchev–Trinajstić information content (AvgIpc) is 2.80. The Labute approximate surface area is 116 Å². The topological polar surface area (TPSA) is 15.3 Å². The van der Waals surface area contributed by atoms with Crippen molar-refractivity contribution >= 4 is 5.69 Å². The van der Waals surface area contributed by atoms with Crippen LogP contribution in [0, 0.1) is 17.2 Å². The third-order valence-corrected chi connectivity index (χ3v) is 4.11. The highest BCUT2D eigenvalue weighted by Gasteiger charge is 2.31. The van der Waals surface area contributed by atoms with Crippen LogP contribution in [0.15, 0.2) is 24.3 Å². The van der Waals surface area contributed by atoms with Crippen molar-refractivity contribution in [1.82, 2.24) is 4.90 Å². The lowest BCUT2D eigenvalue weighted by Crippen LogP contribution is -2.29. The molecule has 106 valence electrons. The van der Waals surface area contributed by atoms with Crippen molar-refractivity contribution < 1.29 is 4.39 Å². The van der Waals surface area contributed by atoms with Crippen LogP contribution in [0.25, 0.3) is 0 Å². The summed E-state index contributed by atoms with van der Waals surface area (Å²) < 4.78 is 13.4. The molecular formula is C16H25FN2. The predicted molar refractivity (Wildman–Crippen MR) is 78.9 cm³/mol. The van der Waals surface area contributed by atoms with Crippen LogP contribution in [-0.4, -0.2) is 31.1 Å². The second-order valence-corrected chi connectivity index (χ2v) is 6.56. The number of nitrogens with one attached hydrogen (secondary N) is 1. The molecule has 1 fully saturated rings. The van der Waals surface area contributed by atoms with Crippen LogP contribution >= 0.6 is 0 Å². The number of para-hydroxylation sites is 1. The van der Waals surface area contributed by atoms with E-state index in [0.717, 1.165) is 19.0 Å². The van der Waals surface area contributed by atoms with Gasteiger partial charge >= 0.3 is 0 Å². The summed E-state index contributed by atoms with van der Waals surface area (Å²) in [5.41, 5.74) is 1.00. The molecule has 0 amide bonds. The Morgan fingerprint density at radius 1 is 1.32 bits per heavy atom. The molecule has 2 rings (SSSR count). The zero-order valence-electron chi connectivity index (χ0n) is 12.2. The quantitative estimate of drug-likeness (QED) is 0.893. The zero-order valence-corrected chi connectivity index (χ0v) is 12.2. The first-order chi connectivity index (χ1) is 8.97. The minimum atomic E-state index is -0.170. The van der Waals surface area contributed by atoms with Gasteiger partial charge < -0.3 is 10.2 Å². The van der Waals surface area contributed by atoms with Gasteiger partial charge in [0, 0.05) is 19.6 Å². The van der Waals surface area contributed by atoms with Crippen molar-refractivity contribution in [1.29, 1.82) is 0 Å². The second-order valence-electron chi connectivity index (χ2n) is 6.56. The molecule has 0 bridgehead atoms. The summed E-state index contributed by atoms with van der Waals surface area (Å²) >= 11 is 0. The van der Waals surface area contributed by atoms with Crippen LogP contribution < -0.4 is 5.32 Å². The minimum absolute atomic E-state index is 0.170. The zero-order chi connectivity index (χ0) is 13.9. The van der Waals surface area contributed by atoms with Crippen LogP contribution in [0.3, 0.4) is 0 Å². The molecule has 1 heterocycles. The highest BCUT2D eigenvalue weighted by molar-refractivity contribution is 5.44. The average molecular weight is 264 g/mol. The van der Waals surface area contributed by atoms with E-state index in [4.69, 9.17) is 0 Å². The summed E-state index contributed by atoms with van der Waals surface area (Å²) in [5.74, 6) is 0.609. The minimum Gasteiger partial charge on any atom is -0.381 e. The van der Waals surface area contributed by atoms with Crippen molar-refractivity contribution in [3.05, 3.63) is 30.1 Å². The number of rotatable bonds is 4. The number of halogens is 1. The van der Waals surface area contributed by atoms with Crippen molar-refractivity contribution in [3.8, 4) is 0 Å². The summed E-state index contributed by atoms with van der Waals surface area (Å²) in [5, 5.41) is 3.18. The van der Waals surface area contributed by atoms with E-state index in [9.17, 15) is 4.39 Å². The van der Waals surface area contributed by atoms with E-state index in [1.807, 2.05) is 6.07 Å². The Morgan fingerprint density at radius 3 is 2.68 bits per heavy atom. The molecule has 0 aliphatic carbocycles. The van der Waals surface area contributed by atoms with Gasteiger partial charge in [-0.25, -0.2) is 4.39 Å². The Bertz CT molecular complexity index is 411. The highest BCUT2D eigenvalue weighted by Crippen LogP contribution is 2.33. The molecule has 3 heteroatoms. The fraction of sp³-hybridized carbons (Fsp3) is 0.625. The van der Waals surface area contributed by atoms with E-state index in [2.05, 4.69) is 31.0 Å². The molecule has 1 N–H and O–H groups in total. The molecule has 1 atom stereocenters. The first-order valence-electron chi connectivity index (χ1n) is 7.17. The van der Waals surface area contributed by atoms with Gasteiger partial charge in [-0.1, -0.05) is 32.9 Å². The van der Waals surface area contributed by atoms with E-state index < -0.39 is 0 Å². The second kappa shape index (κ2) is 5.91. The molecule has 0 spiro atoms. The Morgan fingerprint density at radius 2 is 2.05 bits per heavy atom. The Balaban J connectivity index is 1.74. The summed E-state index contributed by atoms with van der Waals surface area (Å²) in [7, 11) is 0. The number of nitrogens with zero attached hydrogens (tertiary/aromatic N) is 1. The van der Waals surface area contributed by atoms with Gasteiger partial charge in [-0.05, 0) is 36.4 Å². The molecule has 19 heavy (non-hydrogen) atoms. The highest BCUT2D eigenvalue weighted by atomic mass is 19.1. The van der Waals surface area contributed by atoms with Crippen LogP contribution in [0.1, 0.15) is 27.2 Å². The van der Waals surface area contributed by atoms with Gasteiger partial charge in [-0.3, -0.25) is 0 Å². The molecule has 1 aliphatic heterocycles. The van der Waals surface area contributed by atoms with Gasteiger partial charge in [0.2, 0.25) is 0 Å². The number of anilines is 1. The lowest BCUT2D eigenvalue weighted by atomic mass is 9.80. The standard InChI is InChI=1S/C16H25FN2/c1-16(2,3)13-8-10-19(12-13)11-9-18-15-7-5-4-6-14(15)17/h4-7,13,18H,8-12H2,1-3H3. The van der Waals surface area contributed by atoms with Gasteiger partial charge in [0.1, 0.15) is 5.82 Å². The van der Waals surface area contributed by atoms with Crippen molar-refractivity contribution in [3.63, 3.8) is 0 Å². The summed E-state index contributed by atoms with van der Waals surface area (Å²) in [4.78, 5) is 2.48. The van der Waals surface area contributed by atoms with Crippen LogP contribution in [0.2, 0.25) is 0 Å². The fourth-order valence-electron chi connectivity index (χ4n) is 2.70. The van der Waals surface area contributed by atoms with E-state index in [0.29, 0.717) is 11.1 Å². The van der Waals surface area contributed by atoms with Gasteiger partial charge in [-0.15, -0.1) is 0 Å².